The highest BCUT2D eigenvalue weighted by molar-refractivity contribution is 7.09. The summed E-state index contributed by atoms with van der Waals surface area (Å²) >= 11 is 7.75. The maximum Gasteiger partial charge on any atom is 0.0558 e. The van der Waals surface area contributed by atoms with Crippen molar-refractivity contribution >= 4 is 22.9 Å². The molecular weight excluding hydrogens is 252 g/mol. The molecule has 90 valence electrons. The molecule has 0 aromatic carbocycles. The van der Waals surface area contributed by atoms with Crippen LogP contribution >= 0.6 is 22.9 Å². The fourth-order valence-corrected chi connectivity index (χ4v) is 2.60. The van der Waals surface area contributed by atoms with Gasteiger partial charge in [-0.25, -0.2) is 0 Å². The first-order valence-corrected chi connectivity index (χ1v) is 6.89. The summed E-state index contributed by atoms with van der Waals surface area (Å²) in [7, 11) is 0. The highest BCUT2D eigenvalue weighted by atomic mass is 35.5. The van der Waals surface area contributed by atoms with Gasteiger partial charge in [0.05, 0.1) is 5.69 Å². The molecule has 0 fully saturated rings. The van der Waals surface area contributed by atoms with Crippen LogP contribution in [0.3, 0.4) is 0 Å². The first-order chi connectivity index (χ1) is 8.28. The molecule has 0 N–H and O–H groups in total. The summed E-state index contributed by atoms with van der Waals surface area (Å²) in [5, 5.41) is 2.86. The van der Waals surface area contributed by atoms with Crippen molar-refractivity contribution in [3.63, 3.8) is 0 Å². The van der Waals surface area contributed by atoms with E-state index >= 15 is 0 Å². The minimum atomic E-state index is 0.752. The van der Waals surface area contributed by atoms with Gasteiger partial charge in [-0.2, -0.15) is 0 Å². The molecule has 2 nitrogen and oxygen atoms in total. The molecule has 0 unspecified atom stereocenters. The smallest absolute Gasteiger partial charge is 0.0558 e. The predicted molar refractivity (Wildman–Crippen MR) is 73.4 cm³/mol. The molecule has 0 spiro atoms. The predicted octanol–water partition coefficient (Wildman–Crippen LogP) is 3.82. The monoisotopic (exact) mass is 266 g/mol. The summed E-state index contributed by atoms with van der Waals surface area (Å²) in [6, 6.07) is 7.99. The second-order valence-electron chi connectivity index (χ2n) is 3.85. The first-order valence-electron chi connectivity index (χ1n) is 5.63. The Labute approximate surface area is 111 Å². The lowest BCUT2D eigenvalue weighted by molar-refractivity contribution is 0.270. The zero-order valence-corrected chi connectivity index (χ0v) is 11.3. The Morgan fingerprint density at radius 3 is 2.88 bits per heavy atom. The first kappa shape index (κ1) is 12.6. The molecule has 4 heteroatoms. The molecule has 0 aliphatic carbocycles. The molecule has 0 saturated carbocycles. The Bertz CT molecular complexity index is 456. The molecule has 0 aliphatic heterocycles. The van der Waals surface area contributed by atoms with E-state index in [9.17, 15) is 0 Å². The Kier molecular flexibility index (Phi) is 4.54. The van der Waals surface area contributed by atoms with Gasteiger partial charge in [0, 0.05) is 29.2 Å². The van der Waals surface area contributed by atoms with E-state index in [4.69, 9.17) is 11.6 Å². The van der Waals surface area contributed by atoms with Crippen LogP contribution in [-0.4, -0.2) is 16.4 Å². The van der Waals surface area contributed by atoms with Gasteiger partial charge in [-0.1, -0.05) is 24.6 Å². The number of rotatable bonds is 5. The molecule has 17 heavy (non-hydrogen) atoms. The third-order valence-corrected chi connectivity index (χ3v) is 3.67. The lowest BCUT2D eigenvalue weighted by Gasteiger charge is -2.19. The van der Waals surface area contributed by atoms with Crippen molar-refractivity contribution in [2.75, 3.05) is 6.54 Å². The average Bonchev–Trinajstić information content (AvgIpc) is 2.81. The van der Waals surface area contributed by atoms with E-state index < -0.39 is 0 Å². The number of hydrogen-bond acceptors (Lipinski definition) is 3. The zero-order chi connectivity index (χ0) is 12.1. The van der Waals surface area contributed by atoms with Crippen molar-refractivity contribution in [1.29, 1.82) is 0 Å². The highest BCUT2D eigenvalue weighted by Crippen LogP contribution is 2.15. The van der Waals surface area contributed by atoms with E-state index in [1.54, 1.807) is 23.6 Å². The molecular formula is C13H15ClN2S. The van der Waals surface area contributed by atoms with Crippen molar-refractivity contribution in [2.45, 2.75) is 20.0 Å². The molecule has 2 heterocycles. The lowest BCUT2D eigenvalue weighted by atomic mass is 10.3. The molecule has 0 radical (unpaired) electrons. The SMILES string of the molecule is CCN(Cc1cc(Cl)ccn1)Cc1cccs1. The van der Waals surface area contributed by atoms with E-state index in [0.29, 0.717) is 0 Å². The molecule has 2 rings (SSSR count). The van der Waals surface area contributed by atoms with E-state index in [1.165, 1.54) is 4.88 Å². The van der Waals surface area contributed by atoms with E-state index in [-0.39, 0.29) is 0 Å². The summed E-state index contributed by atoms with van der Waals surface area (Å²) in [5.74, 6) is 0. The molecule has 0 aliphatic rings. The summed E-state index contributed by atoms with van der Waals surface area (Å²) in [5.41, 5.74) is 1.02. The molecule has 0 saturated heterocycles. The van der Waals surface area contributed by atoms with Gasteiger partial charge in [-0.3, -0.25) is 9.88 Å². The van der Waals surface area contributed by atoms with Crippen LogP contribution in [0.25, 0.3) is 0 Å². The van der Waals surface area contributed by atoms with Gasteiger partial charge in [-0.15, -0.1) is 11.3 Å². The van der Waals surface area contributed by atoms with Gasteiger partial charge < -0.3 is 0 Å². The van der Waals surface area contributed by atoms with Gasteiger partial charge in [0.1, 0.15) is 0 Å². The van der Waals surface area contributed by atoms with Gasteiger partial charge in [0.2, 0.25) is 0 Å². The van der Waals surface area contributed by atoms with Gasteiger partial charge in [0.15, 0.2) is 0 Å². The number of thiophene rings is 1. The number of pyridine rings is 1. The average molecular weight is 267 g/mol. The van der Waals surface area contributed by atoms with E-state index in [0.717, 1.165) is 30.4 Å². The van der Waals surface area contributed by atoms with Crippen molar-refractivity contribution in [1.82, 2.24) is 9.88 Å². The van der Waals surface area contributed by atoms with Crippen molar-refractivity contribution < 1.29 is 0 Å². The van der Waals surface area contributed by atoms with Gasteiger partial charge >= 0.3 is 0 Å². The minimum Gasteiger partial charge on any atom is -0.293 e. The Balaban J connectivity index is 2.00. The Morgan fingerprint density at radius 2 is 2.24 bits per heavy atom. The van der Waals surface area contributed by atoms with Gasteiger partial charge in [-0.05, 0) is 30.1 Å². The third-order valence-electron chi connectivity index (χ3n) is 2.57. The standard InChI is InChI=1S/C13H15ClN2S/c1-2-16(10-13-4-3-7-17-13)9-12-8-11(14)5-6-15-12/h3-8H,2,9-10H2,1H3. The van der Waals surface area contributed by atoms with Crippen LogP contribution < -0.4 is 0 Å². The normalized spacial score (nSPS) is 11.0. The van der Waals surface area contributed by atoms with Crippen LogP contribution in [-0.2, 0) is 13.1 Å². The third kappa shape index (κ3) is 3.80. The van der Waals surface area contributed by atoms with Crippen LogP contribution in [0.2, 0.25) is 5.02 Å². The summed E-state index contributed by atoms with van der Waals surface area (Å²) in [6.45, 7) is 4.99. The molecule has 2 aromatic heterocycles. The minimum absolute atomic E-state index is 0.752. The summed E-state index contributed by atoms with van der Waals surface area (Å²) in [6.07, 6.45) is 1.76. The summed E-state index contributed by atoms with van der Waals surface area (Å²) < 4.78 is 0. The largest absolute Gasteiger partial charge is 0.293 e. The van der Waals surface area contributed by atoms with Crippen molar-refractivity contribution in [3.8, 4) is 0 Å². The quantitative estimate of drug-likeness (QED) is 0.818. The number of aromatic nitrogens is 1. The van der Waals surface area contributed by atoms with Crippen LogP contribution in [0, 0.1) is 0 Å². The van der Waals surface area contributed by atoms with Crippen LogP contribution in [0.4, 0.5) is 0 Å². The molecule has 0 atom stereocenters. The Hall–Kier alpha value is -0.900. The van der Waals surface area contributed by atoms with Gasteiger partial charge in [0.25, 0.3) is 0 Å². The maximum atomic E-state index is 5.96. The Morgan fingerprint density at radius 1 is 1.35 bits per heavy atom. The lowest BCUT2D eigenvalue weighted by Crippen LogP contribution is -2.22. The van der Waals surface area contributed by atoms with E-state index in [1.807, 2.05) is 6.07 Å². The zero-order valence-electron chi connectivity index (χ0n) is 9.77. The number of nitrogens with zero attached hydrogens (tertiary/aromatic N) is 2. The molecule has 0 amide bonds. The van der Waals surface area contributed by atoms with Crippen LogP contribution in [0.5, 0.6) is 0 Å². The summed E-state index contributed by atoms with van der Waals surface area (Å²) in [4.78, 5) is 8.07. The number of hydrogen-bond donors (Lipinski definition) is 0. The fourth-order valence-electron chi connectivity index (χ4n) is 1.67. The van der Waals surface area contributed by atoms with Crippen LogP contribution in [0.1, 0.15) is 17.5 Å². The number of halogens is 1. The molecule has 2 aromatic rings. The maximum absolute atomic E-state index is 5.96. The second-order valence-corrected chi connectivity index (χ2v) is 5.32. The molecule has 0 bridgehead atoms. The fraction of sp³-hybridized carbons (Fsp3) is 0.308. The van der Waals surface area contributed by atoms with Crippen LogP contribution in [0.15, 0.2) is 35.8 Å². The van der Waals surface area contributed by atoms with Crippen molar-refractivity contribution in [2.24, 2.45) is 0 Å². The van der Waals surface area contributed by atoms with Crippen molar-refractivity contribution in [3.05, 3.63) is 51.4 Å². The highest BCUT2D eigenvalue weighted by Gasteiger charge is 2.06. The second kappa shape index (κ2) is 6.15. The van der Waals surface area contributed by atoms with E-state index in [2.05, 4.69) is 34.3 Å². The topological polar surface area (TPSA) is 16.1 Å².